The van der Waals surface area contributed by atoms with Crippen molar-refractivity contribution in [2.24, 2.45) is 0 Å². The number of hydrogen-bond acceptors (Lipinski definition) is 5. The van der Waals surface area contributed by atoms with Crippen LogP contribution in [0.25, 0.3) is 0 Å². The number of aromatic nitrogens is 2. The van der Waals surface area contributed by atoms with Crippen molar-refractivity contribution in [3.63, 3.8) is 0 Å². The number of carbonyl (C=O) groups is 1. The molecule has 16 heavy (non-hydrogen) atoms. The van der Waals surface area contributed by atoms with Gasteiger partial charge < -0.3 is 10.6 Å². The lowest BCUT2D eigenvalue weighted by Crippen LogP contribution is -2.31. The van der Waals surface area contributed by atoms with Crippen molar-refractivity contribution in [2.75, 3.05) is 11.9 Å². The van der Waals surface area contributed by atoms with Crippen LogP contribution in [0.15, 0.2) is 12.3 Å². The molecule has 1 fully saturated rings. The second kappa shape index (κ2) is 4.57. The summed E-state index contributed by atoms with van der Waals surface area (Å²) in [7, 11) is 0. The van der Waals surface area contributed by atoms with Gasteiger partial charge in [-0.25, -0.2) is 0 Å². The largest absolute Gasteiger partial charge is 0.358 e. The van der Waals surface area contributed by atoms with Gasteiger partial charge >= 0.3 is 0 Å². The molecule has 0 aromatic carbocycles. The van der Waals surface area contributed by atoms with E-state index in [9.17, 15) is 4.79 Å². The van der Waals surface area contributed by atoms with Crippen LogP contribution in [0.5, 0.6) is 0 Å². The molecule has 0 radical (unpaired) electrons. The van der Waals surface area contributed by atoms with Crippen LogP contribution in [0, 0.1) is 11.3 Å². The third-order valence-corrected chi connectivity index (χ3v) is 2.20. The minimum absolute atomic E-state index is 0.0861. The van der Waals surface area contributed by atoms with Gasteiger partial charge in [-0.2, -0.15) is 10.4 Å². The predicted molar refractivity (Wildman–Crippen MR) is 56.4 cm³/mol. The highest BCUT2D eigenvalue weighted by Crippen LogP contribution is 2.18. The summed E-state index contributed by atoms with van der Waals surface area (Å²) in [5, 5.41) is 21.8. The minimum atomic E-state index is -0.0861. The molecule has 6 nitrogen and oxygen atoms in total. The van der Waals surface area contributed by atoms with E-state index in [-0.39, 0.29) is 12.5 Å². The Morgan fingerprint density at radius 2 is 2.44 bits per heavy atom. The third-order valence-electron chi connectivity index (χ3n) is 2.20. The third kappa shape index (κ3) is 2.67. The second-order valence-corrected chi connectivity index (χ2v) is 3.60. The SMILES string of the molecule is N#Cc1ccnnc1NCC(=O)NC1CC1. The molecule has 1 aliphatic rings. The number of amides is 1. The lowest BCUT2D eigenvalue weighted by atomic mass is 10.3. The molecule has 0 saturated heterocycles. The molecule has 1 heterocycles. The van der Waals surface area contributed by atoms with Crippen molar-refractivity contribution >= 4 is 11.7 Å². The van der Waals surface area contributed by atoms with E-state index in [2.05, 4.69) is 20.8 Å². The molecule has 2 N–H and O–H groups in total. The van der Waals surface area contributed by atoms with Crippen LogP contribution in [-0.2, 0) is 4.79 Å². The van der Waals surface area contributed by atoms with Crippen LogP contribution >= 0.6 is 0 Å². The predicted octanol–water partition coefficient (Wildman–Crippen LogP) is 0.0388. The first-order valence-corrected chi connectivity index (χ1v) is 5.04. The van der Waals surface area contributed by atoms with E-state index in [1.165, 1.54) is 6.20 Å². The smallest absolute Gasteiger partial charge is 0.239 e. The van der Waals surface area contributed by atoms with Gasteiger partial charge in [-0.1, -0.05) is 0 Å². The van der Waals surface area contributed by atoms with Gasteiger partial charge in [0.2, 0.25) is 5.91 Å². The number of nitrogens with zero attached hydrogens (tertiary/aromatic N) is 3. The molecule has 1 amide bonds. The zero-order valence-corrected chi connectivity index (χ0v) is 8.60. The molecular formula is C10H11N5O. The number of hydrogen-bond donors (Lipinski definition) is 2. The Morgan fingerprint density at radius 3 is 3.12 bits per heavy atom. The monoisotopic (exact) mass is 217 g/mol. The Kier molecular flexibility index (Phi) is 2.96. The average Bonchev–Trinajstić information content (AvgIpc) is 3.10. The van der Waals surface area contributed by atoms with E-state index in [0.717, 1.165) is 12.8 Å². The Balaban J connectivity index is 1.88. The Bertz CT molecular complexity index is 435. The quantitative estimate of drug-likeness (QED) is 0.743. The lowest BCUT2D eigenvalue weighted by molar-refractivity contribution is -0.119. The maximum absolute atomic E-state index is 11.4. The topological polar surface area (TPSA) is 90.7 Å². The number of anilines is 1. The van der Waals surface area contributed by atoms with Crippen LogP contribution in [0.4, 0.5) is 5.82 Å². The molecule has 0 unspecified atom stereocenters. The maximum atomic E-state index is 11.4. The Labute approximate surface area is 92.7 Å². The number of nitriles is 1. The molecule has 1 aromatic rings. The Morgan fingerprint density at radius 1 is 1.62 bits per heavy atom. The van der Waals surface area contributed by atoms with Crippen LogP contribution in [0.3, 0.4) is 0 Å². The van der Waals surface area contributed by atoms with E-state index in [0.29, 0.717) is 17.4 Å². The van der Waals surface area contributed by atoms with E-state index < -0.39 is 0 Å². The molecule has 0 bridgehead atoms. The van der Waals surface area contributed by atoms with Gasteiger partial charge in [0.15, 0.2) is 5.82 Å². The van der Waals surface area contributed by atoms with Crippen molar-refractivity contribution in [1.29, 1.82) is 5.26 Å². The highest BCUT2D eigenvalue weighted by atomic mass is 16.2. The molecule has 0 spiro atoms. The molecule has 2 rings (SSSR count). The van der Waals surface area contributed by atoms with Crippen molar-refractivity contribution in [2.45, 2.75) is 18.9 Å². The van der Waals surface area contributed by atoms with Gasteiger partial charge in [-0.05, 0) is 18.9 Å². The normalized spacial score (nSPS) is 13.9. The van der Waals surface area contributed by atoms with E-state index in [4.69, 9.17) is 5.26 Å². The highest BCUT2D eigenvalue weighted by molar-refractivity contribution is 5.81. The summed E-state index contributed by atoms with van der Waals surface area (Å²) in [4.78, 5) is 11.4. The zero-order valence-electron chi connectivity index (χ0n) is 8.60. The maximum Gasteiger partial charge on any atom is 0.239 e. The van der Waals surface area contributed by atoms with E-state index >= 15 is 0 Å². The molecule has 1 aliphatic carbocycles. The lowest BCUT2D eigenvalue weighted by Gasteiger charge is -2.06. The van der Waals surface area contributed by atoms with Crippen LogP contribution in [-0.4, -0.2) is 28.7 Å². The second-order valence-electron chi connectivity index (χ2n) is 3.60. The van der Waals surface area contributed by atoms with Crippen molar-refractivity contribution in [3.05, 3.63) is 17.8 Å². The first-order chi connectivity index (χ1) is 7.79. The summed E-state index contributed by atoms with van der Waals surface area (Å²) in [5.41, 5.74) is 0.384. The first kappa shape index (κ1) is 10.4. The first-order valence-electron chi connectivity index (χ1n) is 5.04. The number of carbonyl (C=O) groups excluding carboxylic acids is 1. The minimum Gasteiger partial charge on any atom is -0.358 e. The fourth-order valence-electron chi connectivity index (χ4n) is 1.22. The van der Waals surface area contributed by atoms with Crippen molar-refractivity contribution in [1.82, 2.24) is 15.5 Å². The number of nitrogens with one attached hydrogen (secondary N) is 2. The summed E-state index contributed by atoms with van der Waals surface area (Å²) < 4.78 is 0. The van der Waals surface area contributed by atoms with E-state index in [1.807, 2.05) is 6.07 Å². The fourth-order valence-corrected chi connectivity index (χ4v) is 1.22. The summed E-state index contributed by atoms with van der Waals surface area (Å²) in [5.74, 6) is 0.257. The van der Waals surface area contributed by atoms with Crippen LogP contribution in [0.1, 0.15) is 18.4 Å². The molecule has 1 saturated carbocycles. The molecule has 0 atom stereocenters. The Hall–Kier alpha value is -2.16. The van der Waals surface area contributed by atoms with Crippen molar-refractivity contribution in [3.8, 4) is 6.07 Å². The summed E-state index contributed by atoms with van der Waals surface area (Å²) in [6, 6.07) is 3.86. The van der Waals surface area contributed by atoms with Gasteiger partial charge in [-0.15, -0.1) is 5.10 Å². The van der Waals surface area contributed by atoms with Gasteiger partial charge in [0.1, 0.15) is 6.07 Å². The fraction of sp³-hybridized carbons (Fsp3) is 0.400. The van der Waals surface area contributed by atoms with Gasteiger partial charge in [0.25, 0.3) is 0 Å². The standard InChI is InChI=1S/C10H11N5O/c11-5-7-3-4-13-15-10(7)12-6-9(16)14-8-1-2-8/h3-4,8H,1-2,6H2,(H,12,15)(H,14,16). The number of rotatable bonds is 4. The summed E-state index contributed by atoms with van der Waals surface area (Å²) >= 11 is 0. The van der Waals surface area contributed by atoms with Gasteiger partial charge in [-0.3, -0.25) is 4.79 Å². The average molecular weight is 217 g/mol. The van der Waals surface area contributed by atoms with Gasteiger partial charge in [0, 0.05) is 6.04 Å². The summed E-state index contributed by atoms with van der Waals surface area (Å²) in [6.45, 7) is 0.115. The molecular weight excluding hydrogens is 206 g/mol. The molecule has 82 valence electrons. The van der Waals surface area contributed by atoms with Crippen molar-refractivity contribution < 1.29 is 4.79 Å². The van der Waals surface area contributed by atoms with Crippen LogP contribution in [0.2, 0.25) is 0 Å². The van der Waals surface area contributed by atoms with Gasteiger partial charge in [0.05, 0.1) is 18.3 Å². The summed E-state index contributed by atoms with van der Waals surface area (Å²) in [6.07, 6.45) is 3.55. The zero-order chi connectivity index (χ0) is 11.4. The van der Waals surface area contributed by atoms with E-state index in [1.54, 1.807) is 6.07 Å². The molecule has 0 aliphatic heterocycles. The van der Waals surface area contributed by atoms with Crippen LogP contribution < -0.4 is 10.6 Å². The highest BCUT2D eigenvalue weighted by Gasteiger charge is 2.22. The molecule has 1 aromatic heterocycles. The molecule has 6 heteroatoms.